The van der Waals surface area contributed by atoms with Gasteiger partial charge < -0.3 is 25.0 Å². The van der Waals surface area contributed by atoms with E-state index in [1.165, 1.54) is 9.80 Å². The molecule has 0 radical (unpaired) electrons. The maximum absolute atomic E-state index is 13.3. The van der Waals surface area contributed by atoms with Gasteiger partial charge in [-0.2, -0.15) is 31.4 Å². The number of nitrogens with zero attached hydrogens (tertiary/aromatic N) is 5. The van der Waals surface area contributed by atoms with Crippen LogP contribution >= 0.6 is 0 Å². The SMILES string of the molecule is O=C([C@@H](O)COC[C@H](COC(F)(F)F)Nc1cn[nH]c(=O)c1C(F)(F)F)N1CCN(c2ncc(C(F)(F)F)cn2)CC1. The van der Waals surface area contributed by atoms with Crippen LogP contribution in [-0.4, -0.2) is 101 Å². The third-order valence-corrected chi connectivity index (χ3v) is 5.67. The Morgan fingerprint density at radius 2 is 1.57 bits per heavy atom. The summed E-state index contributed by atoms with van der Waals surface area (Å²) >= 11 is 0. The van der Waals surface area contributed by atoms with Gasteiger partial charge in [0, 0.05) is 38.6 Å². The largest absolute Gasteiger partial charge is 0.522 e. The molecule has 0 aliphatic carbocycles. The van der Waals surface area contributed by atoms with E-state index in [1.807, 2.05) is 0 Å². The molecule has 1 amide bonds. The average Bonchev–Trinajstić information content (AvgIpc) is 2.89. The molecule has 234 valence electrons. The summed E-state index contributed by atoms with van der Waals surface area (Å²) in [4.78, 5) is 34.2. The van der Waals surface area contributed by atoms with Crippen LogP contribution in [-0.2, 0) is 26.6 Å². The summed E-state index contributed by atoms with van der Waals surface area (Å²) in [6.07, 6.45) is -15.1. The Morgan fingerprint density at radius 1 is 0.952 bits per heavy atom. The number of aliphatic hydroxyl groups excluding tert-OH is 1. The van der Waals surface area contributed by atoms with Crippen LogP contribution in [0.3, 0.4) is 0 Å². The number of piperazine rings is 1. The molecule has 12 nitrogen and oxygen atoms in total. The maximum Gasteiger partial charge on any atom is 0.522 e. The number of hydrogen-bond donors (Lipinski definition) is 3. The van der Waals surface area contributed by atoms with Crippen LogP contribution in [0.5, 0.6) is 0 Å². The van der Waals surface area contributed by atoms with Crippen molar-refractivity contribution in [1.82, 2.24) is 25.1 Å². The number of aromatic nitrogens is 4. The Kier molecular flexibility index (Phi) is 10.2. The van der Waals surface area contributed by atoms with Crippen molar-refractivity contribution < 1.29 is 58.9 Å². The molecular formula is C21H22F9N7O5. The van der Waals surface area contributed by atoms with Crippen molar-refractivity contribution in [2.45, 2.75) is 30.9 Å². The first-order valence-corrected chi connectivity index (χ1v) is 11.8. The molecule has 3 rings (SSSR count). The summed E-state index contributed by atoms with van der Waals surface area (Å²) in [6, 6.07) is -1.65. The molecule has 3 heterocycles. The topological polar surface area (TPSA) is 146 Å². The zero-order chi connectivity index (χ0) is 31.3. The van der Waals surface area contributed by atoms with E-state index in [0.717, 1.165) is 0 Å². The zero-order valence-electron chi connectivity index (χ0n) is 21.1. The molecule has 0 unspecified atom stereocenters. The summed E-state index contributed by atoms with van der Waals surface area (Å²) in [5.41, 5.74) is -5.42. The lowest BCUT2D eigenvalue weighted by molar-refractivity contribution is -0.325. The van der Waals surface area contributed by atoms with Crippen molar-refractivity contribution in [3.05, 3.63) is 40.1 Å². The highest BCUT2D eigenvalue weighted by Gasteiger charge is 2.38. The molecule has 0 bridgehead atoms. The van der Waals surface area contributed by atoms with Crippen LogP contribution < -0.4 is 15.8 Å². The molecule has 0 aromatic carbocycles. The number of hydrogen-bond acceptors (Lipinski definition) is 10. The van der Waals surface area contributed by atoms with Gasteiger partial charge in [-0.05, 0) is 0 Å². The Balaban J connectivity index is 1.55. The number of nitrogens with one attached hydrogen (secondary N) is 2. The summed E-state index contributed by atoms with van der Waals surface area (Å²) < 4.78 is 124. The van der Waals surface area contributed by atoms with Crippen molar-refractivity contribution in [1.29, 1.82) is 0 Å². The molecule has 2 atom stereocenters. The number of ether oxygens (including phenoxy) is 2. The van der Waals surface area contributed by atoms with Crippen molar-refractivity contribution in [3.8, 4) is 0 Å². The van der Waals surface area contributed by atoms with Gasteiger partial charge in [0.25, 0.3) is 11.5 Å². The number of carbonyl (C=O) groups excluding carboxylic acids is 1. The molecule has 1 aliphatic heterocycles. The lowest BCUT2D eigenvalue weighted by Crippen LogP contribution is -2.52. The van der Waals surface area contributed by atoms with E-state index < -0.39 is 79.0 Å². The van der Waals surface area contributed by atoms with Gasteiger partial charge in [-0.15, -0.1) is 13.2 Å². The molecule has 0 spiro atoms. The first-order chi connectivity index (χ1) is 19.5. The Morgan fingerprint density at radius 3 is 2.12 bits per heavy atom. The highest BCUT2D eigenvalue weighted by molar-refractivity contribution is 5.81. The Labute approximate surface area is 229 Å². The second kappa shape index (κ2) is 13.1. The highest BCUT2D eigenvalue weighted by atomic mass is 19.4. The quantitative estimate of drug-likeness (QED) is 0.334. The van der Waals surface area contributed by atoms with Gasteiger partial charge in [0.1, 0.15) is 5.56 Å². The van der Waals surface area contributed by atoms with Crippen molar-refractivity contribution >= 4 is 17.5 Å². The molecule has 0 saturated carbocycles. The van der Waals surface area contributed by atoms with Gasteiger partial charge in [0.15, 0.2) is 6.10 Å². The molecule has 1 aliphatic rings. The van der Waals surface area contributed by atoms with E-state index in [0.29, 0.717) is 18.6 Å². The van der Waals surface area contributed by atoms with E-state index in [-0.39, 0.29) is 32.1 Å². The number of aliphatic hydroxyl groups is 1. The minimum Gasteiger partial charge on any atom is -0.381 e. The van der Waals surface area contributed by atoms with Gasteiger partial charge in [0.05, 0.1) is 43.3 Å². The molecular weight excluding hydrogens is 601 g/mol. The van der Waals surface area contributed by atoms with E-state index in [2.05, 4.69) is 25.1 Å². The van der Waals surface area contributed by atoms with Crippen LogP contribution in [0.1, 0.15) is 11.1 Å². The van der Waals surface area contributed by atoms with Crippen molar-refractivity contribution in [2.24, 2.45) is 0 Å². The summed E-state index contributed by atoms with van der Waals surface area (Å²) in [5, 5.41) is 17.0. The minimum atomic E-state index is -5.19. The maximum atomic E-state index is 13.3. The zero-order valence-corrected chi connectivity index (χ0v) is 21.1. The number of carbonyl (C=O) groups is 1. The summed E-state index contributed by atoms with van der Waals surface area (Å²) in [5.74, 6) is -0.861. The number of amides is 1. The first-order valence-electron chi connectivity index (χ1n) is 11.8. The van der Waals surface area contributed by atoms with E-state index >= 15 is 0 Å². The number of halogens is 9. The van der Waals surface area contributed by atoms with Crippen molar-refractivity contribution in [3.63, 3.8) is 0 Å². The molecule has 1 fully saturated rings. The number of anilines is 2. The number of rotatable bonds is 10. The fourth-order valence-corrected chi connectivity index (χ4v) is 3.70. The van der Waals surface area contributed by atoms with E-state index in [9.17, 15) is 54.2 Å². The average molecular weight is 623 g/mol. The fourth-order valence-electron chi connectivity index (χ4n) is 3.70. The van der Waals surface area contributed by atoms with E-state index in [1.54, 1.807) is 5.10 Å². The van der Waals surface area contributed by atoms with Crippen LogP contribution in [0.15, 0.2) is 23.4 Å². The summed E-state index contributed by atoms with van der Waals surface area (Å²) in [7, 11) is 0. The highest BCUT2D eigenvalue weighted by Crippen LogP contribution is 2.32. The monoisotopic (exact) mass is 623 g/mol. The molecule has 21 heteroatoms. The molecule has 3 N–H and O–H groups in total. The molecule has 42 heavy (non-hydrogen) atoms. The van der Waals surface area contributed by atoms with Gasteiger partial charge in [-0.25, -0.2) is 15.1 Å². The smallest absolute Gasteiger partial charge is 0.381 e. The molecule has 2 aromatic heterocycles. The minimum absolute atomic E-state index is 0.000346. The van der Waals surface area contributed by atoms with Crippen LogP contribution in [0, 0.1) is 0 Å². The lowest BCUT2D eigenvalue weighted by atomic mass is 10.2. The van der Waals surface area contributed by atoms with Gasteiger partial charge in [-0.1, -0.05) is 0 Å². The third-order valence-electron chi connectivity index (χ3n) is 5.67. The standard InChI is InChI=1S/C21H22F9N7O5/c22-19(23,24)11-5-31-18(32-6-11)37-3-1-36(2-4-37)17(40)14(38)10-41-8-12(9-42-21(28,29)30)34-13-7-33-35-16(39)15(13)20(25,26)27/h5-7,12,14,38H,1-4,8-10H2,(H2,34,35,39)/t12-,14+/m1/s1. The fraction of sp³-hybridized carbons (Fsp3) is 0.571. The van der Waals surface area contributed by atoms with Gasteiger partial charge >= 0.3 is 18.7 Å². The Hall–Kier alpha value is -3.72. The normalized spacial score (nSPS) is 16.3. The predicted molar refractivity (Wildman–Crippen MR) is 122 cm³/mol. The van der Waals surface area contributed by atoms with E-state index in [4.69, 9.17) is 4.74 Å². The van der Waals surface area contributed by atoms with Crippen LogP contribution in [0.2, 0.25) is 0 Å². The van der Waals surface area contributed by atoms with Crippen molar-refractivity contribution in [2.75, 3.05) is 56.2 Å². The lowest BCUT2D eigenvalue weighted by Gasteiger charge is -2.35. The second-order valence-corrected chi connectivity index (χ2v) is 8.72. The van der Waals surface area contributed by atoms with Gasteiger partial charge in [-0.3, -0.25) is 14.3 Å². The number of H-pyrrole nitrogens is 1. The third kappa shape index (κ3) is 9.14. The van der Waals surface area contributed by atoms with Crippen LogP contribution in [0.4, 0.5) is 51.1 Å². The summed E-state index contributed by atoms with van der Waals surface area (Å²) in [6.45, 7) is -2.66. The van der Waals surface area contributed by atoms with Gasteiger partial charge in [0.2, 0.25) is 5.95 Å². The predicted octanol–water partition coefficient (Wildman–Crippen LogP) is 1.64. The molecule has 2 aromatic rings. The first kappa shape index (κ1) is 32.8. The number of alkyl halides is 9. The Bertz CT molecular complexity index is 1250. The second-order valence-electron chi connectivity index (χ2n) is 8.72. The number of aromatic amines is 1. The molecule has 1 saturated heterocycles. The van der Waals surface area contributed by atoms with Crippen LogP contribution in [0.25, 0.3) is 0 Å².